The fraction of sp³-hybridized carbons (Fsp3) is 0. The summed E-state index contributed by atoms with van der Waals surface area (Å²) < 4.78 is 0. The van der Waals surface area contributed by atoms with E-state index < -0.39 is 0 Å². The molecule has 0 heteroatoms. The van der Waals surface area contributed by atoms with Crippen LogP contribution in [-0.2, 0) is 0 Å². The molecule has 0 aliphatic carbocycles. The predicted octanol–water partition coefficient (Wildman–Crippen LogP) is 4.69. The topological polar surface area (TPSA) is 0 Å². The summed E-state index contributed by atoms with van der Waals surface area (Å²) in [4.78, 5) is 0. The molecule has 0 aliphatic rings. The lowest BCUT2D eigenvalue weighted by atomic mass is 9.97. The van der Waals surface area contributed by atoms with Gasteiger partial charge in [0, 0.05) is 0 Å². The Bertz CT molecular complexity index is 651. The summed E-state index contributed by atoms with van der Waals surface area (Å²) in [6.07, 6.45) is 0. The molecule has 81 valence electrons. The molecule has 17 heavy (non-hydrogen) atoms. The van der Waals surface area contributed by atoms with Crippen molar-refractivity contribution >= 4 is 10.8 Å². The van der Waals surface area contributed by atoms with Crippen LogP contribution in [0.1, 0.15) is 5.56 Å². The van der Waals surface area contributed by atoms with E-state index in [0.717, 1.165) is 5.56 Å². The maximum absolute atomic E-state index is 4.01. The zero-order chi connectivity index (χ0) is 11.7. The highest BCUT2D eigenvalue weighted by atomic mass is 14.1. The van der Waals surface area contributed by atoms with Crippen LogP contribution in [0, 0.1) is 6.92 Å². The molecule has 3 aromatic rings. The third kappa shape index (κ3) is 1.83. The molecule has 0 aromatic heterocycles. The average Bonchev–Trinajstić information content (AvgIpc) is 2.39. The standard InChI is InChI=1S/C17H13/c1-13-10-11-15-8-5-9-16(17(15)12-13)14-6-3-2-4-7-14/h2-12H,1H2. The molecule has 3 aromatic carbocycles. The number of fused-ring (bicyclic) bond motifs is 1. The zero-order valence-corrected chi connectivity index (χ0v) is 9.56. The van der Waals surface area contributed by atoms with Crippen molar-refractivity contribution in [2.45, 2.75) is 0 Å². The molecule has 0 N–H and O–H groups in total. The Morgan fingerprint density at radius 2 is 1.53 bits per heavy atom. The molecular weight excluding hydrogens is 204 g/mol. The Kier molecular flexibility index (Phi) is 2.41. The molecule has 0 nitrogen and oxygen atoms in total. The Labute approximate surface area is 102 Å². The highest BCUT2D eigenvalue weighted by Crippen LogP contribution is 2.28. The normalized spacial score (nSPS) is 10.6. The number of hydrogen-bond acceptors (Lipinski definition) is 0. The van der Waals surface area contributed by atoms with Gasteiger partial charge in [-0.2, -0.15) is 0 Å². The van der Waals surface area contributed by atoms with Crippen LogP contribution in [0.15, 0.2) is 66.7 Å². The van der Waals surface area contributed by atoms with Gasteiger partial charge >= 0.3 is 0 Å². The second-order valence-electron chi connectivity index (χ2n) is 4.23. The lowest BCUT2D eigenvalue weighted by Gasteiger charge is -2.07. The van der Waals surface area contributed by atoms with E-state index in [0.29, 0.717) is 0 Å². The Balaban J connectivity index is 2.33. The van der Waals surface area contributed by atoms with Crippen molar-refractivity contribution in [1.82, 2.24) is 0 Å². The maximum atomic E-state index is 4.01. The third-order valence-electron chi connectivity index (χ3n) is 3.03. The van der Waals surface area contributed by atoms with Crippen LogP contribution in [0.25, 0.3) is 21.9 Å². The van der Waals surface area contributed by atoms with Crippen molar-refractivity contribution in [2.75, 3.05) is 0 Å². The van der Waals surface area contributed by atoms with Crippen molar-refractivity contribution < 1.29 is 0 Å². The quantitative estimate of drug-likeness (QED) is 0.554. The maximum Gasteiger partial charge on any atom is -0.0103 e. The summed E-state index contributed by atoms with van der Waals surface area (Å²) in [5.74, 6) is 0. The first kappa shape index (κ1) is 10.1. The van der Waals surface area contributed by atoms with Gasteiger partial charge in [0.05, 0.1) is 0 Å². The monoisotopic (exact) mass is 217 g/mol. The van der Waals surface area contributed by atoms with Gasteiger partial charge in [-0.25, -0.2) is 0 Å². The largest absolute Gasteiger partial charge is 0.0622 e. The van der Waals surface area contributed by atoms with Crippen molar-refractivity contribution in [1.29, 1.82) is 0 Å². The van der Waals surface area contributed by atoms with Crippen LogP contribution in [0.4, 0.5) is 0 Å². The minimum absolute atomic E-state index is 1.06. The molecule has 0 atom stereocenters. The summed E-state index contributed by atoms with van der Waals surface area (Å²) in [6.45, 7) is 4.01. The van der Waals surface area contributed by atoms with E-state index in [-0.39, 0.29) is 0 Å². The van der Waals surface area contributed by atoms with Gasteiger partial charge in [-0.05, 0) is 34.4 Å². The van der Waals surface area contributed by atoms with Gasteiger partial charge in [-0.15, -0.1) is 0 Å². The highest BCUT2D eigenvalue weighted by molar-refractivity contribution is 5.97. The first-order valence-electron chi connectivity index (χ1n) is 5.75. The summed E-state index contributed by atoms with van der Waals surface area (Å²) in [6, 6.07) is 23.2. The van der Waals surface area contributed by atoms with Crippen molar-refractivity contribution in [3.63, 3.8) is 0 Å². The smallest absolute Gasteiger partial charge is 0.0103 e. The van der Waals surface area contributed by atoms with Gasteiger partial charge in [-0.1, -0.05) is 66.7 Å². The zero-order valence-electron chi connectivity index (χ0n) is 9.56. The predicted molar refractivity (Wildman–Crippen MR) is 73.8 cm³/mol. The second kappa shape index (κ2) is 4.06. The number of benzene rings is 3. The van der Waals surface area contributed by atoms with Crippen LogP contribution in [0.5, 0.6) is 0 Å². The third-order valence-corrected chi connectivity index (χ3v) is 3.03. The fourth-order valence-corrected chi connectivity index (χ4v) is 2.19. The first-order valence-corrected chi connectivity index (χ1v) is 5.75. The lowest BCUT2D eigenvalue weighted by molar-refractivity contribution is 1.63. The minimum Gasteiger partial charge on any atom is -0.0622 e. The summed E-state index contributed by atoms with van der Waals surface area (Å²) in [5, 5.41) is 2.53. The highest BCUT2D eigenvalue weighted by Gasteiger charge is 2.02. The molecule has 0 spiro atoms. The van der Waals surface area contributed by atoms with Gasteiger partial charge < -0.3 is 0 Å². The average molecular weight is 217 g/mol. The summed E-state index contributed by atoms with van der Waals surface area (Å²) in [7, 11) is 0. The van der Waals surface area contributed by atoms with Crippen LogP contribution in [0.2, 0.25) is 0 Å². The molecule has 0 heterocycles. The second-order valence-corrected chi connectivity index (χ2v) is 4.23. The van der Waals surface area contributed by atoms with E-state index in [1.807, 2.05) is 6.07 Å². The molecule has 3 rings (SSSR count). The molecule has 0 amide bonds. The lowest BCUT2D eigenvalue weighted by Crippen LogP contribution is -1.82. The van der Waals surface area contributed by atoms with Gasteiger partial charge in [0.2, 0.25) is 0 Å². The Hall–Kier alpha value is -2.08. The van der Waals surface area contributed by atoms with Crippen LogP contribution >= 0.6 is 0 Å². The molecule has 0 saturated heterocycles. The van der Waals surface area contributed by atoms with Crippen molar-refractivity contribution in [3.8, 4) is 11.1 Å². The van der Waals surface area contributed by atoms with Gasteiger partial charge in [0.15, 0.2) is 0 Å². The number of rotatable bonds is 1. The summed E-state index contributed by atoms with van der Waals surface area (Å²) in [5.41, 5.74) is 3.58. The Morgan fingerprint density at radius 3 is 2.35 bits per heavy atom. The van der Waals surface area contributed by atoms with E-state index in [9.17, 15) is 0 Å². The van der Waals surface area contributed by atoms with E-state index in [1.165, 1.54) is 21.9 Å². The molecule has 1 radical (unpaired) electrons. The first-order chi connectivity index (χ1) is 8.34. The van der Waals surface area contributed by atoms with Gasteiger partial charge in [0.25, 0.3) is 0 Å². The fourth-order valence-electron chi connectivity index (χ4n) is 2.19. The van der Waals surface area contributed by atoms with E-state index in [4.69, 9.17) is 0 Å². The van der Waals surface area contributed by atoms with E-state index >= 15 is 0 Å². The van der Waals surface area contributed by atoms with Crippen molar-refractivity contribution in [3.05, 3.63) is 79.2 Å². The van der Waals surface area contributed by atoms with E-state index in [2.05, 4.69) is 67.6 Å². The minimum atomic E-state index is 1.06. The molecule has 0 bridgehead atoms. The van der Waals surface area contributed by atoms with Crippen LogP contribution < -0.4 is 0 Å². The van der Waals surface area contributed by atoms with Crippen LogP contribution in [-0.4, -0.2) is 0 Å². The molecule has 0 aliphatic heterocycles. The molecule has 0 unspecified atom stereocenters. The van der Waals surface area contributed by atoms with Crippen LogP contribution in [0.3, 0.4) is 0 Å². The molecular formula is C17H13. The Morgan fingerprint density at radius 1 is 0.706 bits per heavy atom. The van der Waals surface area contributed by atoms with Gasteiger partial charge in [0.1, 0.15) is 0 Å². The SMILES string of the molecule is [CH2]c1ccc2cccc(-c3ccccc3)c2c1. The van der Waals surface area contributed by atoms with E-state index in [1.54, 1.807) is 0 Å². The van der Waals surface area contributed by atoms with Gasteiger partial charge in [-0.3, -0.25) is 0 Å². The molecule has 0 saturated carbocycles. The number of hydrogen-bond donors (Lipinski definition) is 0. The summed E-state index contributed by atoms with van der Waals surface area (Å²) >= 11 is 0. The van der Waals surface area contributed by atoms with Crippen molar-refractivity contribution in [2.24, 2.45) is 0 Å². The molecule has 0 fully saturated rings.